The van der Waals surface area contributed by atoms with Crippen LogP contribution in [0, 0.1) is 23.2 Å². The molecule has 2 aliphatic heterocycles. The van der Waals surface area contributed by atoms with Crippen LogP contribution >= 0.6 is 0 Å². The van der Waals surface area contributed by atoms with Crippen molar-refractivity contribution in [2.45, 2.75) is 84.6 Å². The third kappa shape index (κ3) is 4.50. The van der Waals surface area contributed by atoms with Crippen molar-refractivity contribution in [3.05, 3.63) is 23.8 Å². The number of amides is 2. The van der Waals surface area contributed by atoms with E-state index in [-0.39, 0.29) is 11.3 Å². The molecule has 182 valence electrons. The zero-order valence-electron chi connectivity index (χ0n) is 21.0. The standard InChI is InChI=1S/C27H42N4O2/c1-19(2)17-26(4)23(32)31(25(28)29-26)18-21-11-15-30(16-12-21)24(33)27(13-7-8-14-27)22-10-6-5-9-20(22)3/h5-6,10,19-21H,7-9,11-18H2,1-4H3,(H2,28,29). The summed E-state index contributed by atoms with van der Waals surface area (Å²) < 4.78 is 0. The minimum Gasteiger partial charge on any atom is -0.369 e. The Balaban J connectivity index is 1.38. The maximum atomic E-state index is 13.9. The summed E-state index contributed by atoms with van der Waals surface area (Å²) in [6.45, 7) is 10.5. The fourth-order valence-corrected chi connectivity index (χ4v) is 6.72. The lowest BCUT2D eigenvalue weighted by Crippen LogP contribution is -2.50. The second kappa shape index (κ2) is 9.27. The number of carbonyl (C=O) groups excluding carboxylic acids is 2. The number of guanidine groups is 1. The zero-order valence-corrected chi connectivity index (χ0v) is 21.0. The lowest BCUT2D eigenvalue weighted by Gasteiger charge is -2.42. The van der Waals surface area contributed by atoms with Gasteiger partial charge in [-0.2, -0.15) is 0 Å². The van der Waals surface area contributed by atoms with E-state index in [0.29, 0.717) is 42.6 Å². The minimum atomic E-state index is -0.734. The predicted octanol–water partition coefficient (Wildman–Crippen LogP) is 4.27. The summed E-state index contributed by atoms with van der Waals surface area (Å²) in [6.07, 6.45) is 14.4. The lowest BCUT2D eigenvalue weighted by atomic mass is 9.70. The Morgan fingerprint density at radius 1 is 1.24 bits per heavy atom. The summed E-state index contributed by atoms with van der Waals surface area (Å²) >= 11 is 0. The maximum Gasteiger partial charge on any atom is 0.257 e. The number of allylic oxidation sites excluding steroid dienone is 3. The van der Waals surface area contributed by atoms with Crippen LogP contribution in [0.1, 0.15) is 79.1 Å². The average molecular weight is 455 g/mol. The van der Waals surface area contributed by atoms with Crippen LogP contribution in [0.25, 0.3) is 0 Å². The van der Waals surface area contributed by atoms with Crippen molar-refractivity contribution in [2.75, 3.05) is 19.6 Å². The number of likely N-dealkylation sites (tertiary alicyclic amines) is 1. The van der Waals surface area contributed by atoms with Crippen molar-refractivity contribution in [1.29, 1.82) is 0 Å². The van der Waals surface area contributed by atoms with Crippen molar-refractivity contribution in [3.63, 3.8) is 0 Å². The van der Waals surface area contributed by atoms with Gasteiger partial charge in [0.15, 0.2) is 5.96 Å². The largest absolute Gasteiger partial charge is 0.369 e. The molecule has 1 saturated heterocycles. The molecular formula is C27H42N4O2. The number of nitrogens with zero attached hydrogens (tertiary/aromatic N) is 3. The van der Waals surface area contributed by atoms with Gasteiger partial charge in [0.2, 0.25) is 5.91 Å². The molecule has 4 rings (SSSR count). The van der Waals surface area contributed by atoms with E-state index in [4.69, 9.17) is 5.73 Å². The molecule has 2 aliphatic carbocycles. The summed E-state index contributed by atoms with van der Waals surface area (Å²) in [6, 6.07) is 0. The molecule has 0 aromatic rings. The Hall–Kier alpha value is -2.11. The third-order valence-electron chi connectivity index (χ3n) is 8.34. The monoisotopic (exact) mass is 454 g/mol. The highest BCUT2D eigenvalue weighted by molar-refractivity contribution is 6.06. The molecule has 2 atom stereocenters. The Bertz CT molecular complexity index is 859. The van der Waals surface area contributed by atoms with Crippen molar-refractivity contribution < 1.29 is 9.59 Å². The van der Waals surface area contributed by atoms with Gasteiger partial charge in [-0.3, -0.25) is 14.5 Å². The van der Waals surface area contributed by atoms with Gasteiger partial charge in [0.25, 0.3) is 5.91 Å². The molecule has 4 aliphatic rings. The third-order valence-corrected chi connectivity index (χ3v) is 8.34. The normalized spacial score (nSPS) is 30.2. The Morgan fingerprint density at radius 3 is 2.52 bits per heavy atom. The number of rotatable bonds is 6. The fourth-order valence-electron chi connectivity index (χ4n) is 6.72. The Labute approximate surface area is 199 Å². The van der Waals surface area contributed by atoms with Crippen molar-refractivity contribution in [1.82, 2.24) is 9.80 Å². The van der Waals surface area contributed by atoms with Crippen LogP contribution in [-0.2, 0) is 9.59 Å². The van der Waals surface area contributed by atoms with Crippen LogP contribution in [0.2, 0.25) is 0 Å². The first-order chi connectivity index (χ1) is 15.7. The van der Waals surface area contributed by atoms with Crippen LogP contribution in [0.15, 0.2) is 28.8 Å². The van der Waals surface area contributed by atoms with Crippen molar-refractivity contribution >= 4 is 17.8 Å². The van der Waals surface area contributed by atoms with Gasteiger partial charge in [-0.15, -0.1) is 0 Å². The second-order valence-corrected chi connectivity index (χ2v) is 11.5. The first kappa shape index (κ1) is 24.0. The van der Waals surface area contributed by atoms with Crippen molar-refractivity contribution in [2.24, 2.45) is 33.9 Å². The average Bonchev–Trinajstić information content (AvgIpc) is 3.34. The van der Waals surface area contributed by atoms with Gasteiger partial charge in [-0.1, -0.05) is 57.4 Å². The van der Waals surface area contributed by atoms with Gasteiger partial charge in [-0.05, 0) is 63.2 Å². The molecule has 2 fully saturated rings. The SMILES string of the molecule is CC(C)CC1(C)N=C(N)N(CC2CCN(C(=O)C3(C4=CC=CCC4C)CCCC3)CC2)C1=O. The van der Waals surface area contributed by atoms with E-state index >= 15 is 0 Å². The van der Waals surface area contributed by atoms with Gasteiger partial charge in [0.1, 0.15) is 5.54 Å². The van der Waals surface area contributed by atoms with E-state index in [1.54, 1.807) is 4.90 Å². The molecule has 2 N–H and O–H groups in total. The number of hydrogen-bond donors (Lipinski definition) is 1. The van der Waals surface area contributed by atoms with Gasteiger partial charge >= 0.3 is 0 Å². The second-order valence-electron chi connectivity index (χ2n) is 11.5. The summed E-state index contributed by atoms with van der Waals surface area (Å²) in [5.41, 5.74) is 6.51. The molecule has 1 saturated carbocycles. The summed E-state index contributed by atoms with van der Waals surface area (Å²) in [4.78, 5) is 35.3. The zero-order chi connectivity index (χ0) is 23.8. The van der Waals surface area contributed by atoms with E-state index in [1.165, 1.54) is 5.57 Å². The Morgan fingerprint density at radius 2 is 1.91 bits per heavy atom. The molecule has 0 aromatic carbocycles. The van der Waals surface area contributed by atoms with Crippen LogP contribution in [-0.4, -0.2) is 52.7 Å². The lowest BCUT2D eigenvalue weighted by molar-refractivity contribution is -0.142. The number of carbonyl (C=O) groups is 2. The van der Waals surface area contributed by atoms with E-state index < -0.39 is 5.54 Å². The molecular weight excluding hydrogens is 412 g/mol. The van der Waals surface area contributed by atoms with Crippen LogP contribution in [0.3, 0.4) is 0 Å². The van der Waals surface area contributed by atoms with Gasteiger partial charge < -0.3 is 10.6 Å². The highest BCUT2D eigenvalue weighted by Gasteiger charge is 2.49. The highest BCUT2D eigenvalue weighted by atomic mass is 16.2. The van der Waals surface area contributed by atoms with E-state index in [2.05, 4.69) is 48.9 Å². The highest BCUT2D eigenvalue weighted by Crippen LogP contribution is 2.50. The molecule has 2 heterocycles. The number of nitrogens with two attached hydrogens (primary N) is 1. The predicted molar refractivity (Wildman–Crippen MR) is 132 cm³/mol. The fraction of sp³-hybridized carbons (Fsp3) is 0.741. The number of aliphatic imine (C=N–C) groups is 1. The first-order valence-corrected chi connectivity index (χ1v) is 13.0. The molecule has 33 heavy (non-hydrogen) atoms. The van der Waals surface area contributed by atoms with Crippen LogP contribution < -0.4 is 5.73 Å². The molecule has 2 unspecified atom stereocenters. The molecule has 0 bridgehead atoms. The van der Waals surface area contributed by atoms with Crippen LogP contribution in [0.4, 0.5) is 0 Å². The summed E-state index contributed by atoms with van der Waals surface area (Å²) in [7, 11) is 0. The topological polar surface area (TPSA) is 79.0 Å². The summed E-state index contributed by atoms with van der Waals surface area (Å²) in [5.74, 6) is 1.91. The Kier molecular flexibility index (Phi) is 6.75. The minimum absolute atomic E-state index is 0.0309. The number of piperidine rings is 1. The molecule has 0 spiro atoms. The van der Waals surface area contributed by atoms with Gasteiger partial charge in [-0.25, -0.2) is 4.99 Å². The quantitative estimate of drug-likeness (QED) is 0.651. The summed E-state index contributed by atoms with van der Waals surface area (Å²) in [5, 5.41) is 0. The van der Waals surface area contributed by atoms with E-state index in [9.17, 15) is 9.59 Å². The van der Waals surface area contributed by atoms with E-state index in [0.717, 1.165) is 58.0 Å². The molecule has 6 nitrogen and oxygen atoms in total. The molecule has 6 heteroatoms. The van der Waals surface area contributed by atoms with Crippen LogP contribution in [0.5, 0.6) is 0 Å². The van der Waals surface area contributed by atoms with Gasteiger partial charge in [0, 0.05) is 19.6 Å². The number of hydrogen-bond acceptors (Lipinski definition) is 4. The van der Waals surface area contributed by atoms with E-state index in [1.807, 2.05) is 6.92 Å². The smallest absolute Gasteiger partial charge is 0.257 e. The maximum absolute atomic E-state index is 13.9. The first-order valence-electron chi connectivity index (χ1n) is 13.0. The van der Waals surface area contributed by atoms with Crippen molar-refractivity contribution in [3.8, 4) is 0 Å². The molecule has 2 amide bonds. The molecule has 0 radical (unpaired) electrons. The molecule has 0 aromatic heterocycles. The van der Waals surface area contributed by atoms with Gasteiger partial charge in [0.05, 0.1) is 5.41 Å².